The van der Waals surface area contributed by atoms with Gasteiger partial charge in [0.1, 0.15) is 5.69 Å². The molecule has 1 amide bonds. The number of nitrogens with zero attached hydrogens (tertiary/aromatic N) is 2. The van der Waals surface area contributed by atoms with Crippen LogP contribution in [0.15, 0.2) is 47.1 Å². The van der Waals surface area contributed by atoms with E-state index in [-0.39, 0.29) is 11.6 Å². The molecule has 0 saturated carbocycles. The zero-order valence-corrected chi connectivity index (χ0v) is 12.2. The molecule has 4 nitrogen and oxygen atoms in total. The monoisotopic (exact) mass is 329 g/mol. The number of pyridine rings is 1. The summed E-state index contributed by atoms with van der Waals surface area (Å²) in [4.78, 5) is 15.8. The topological polar surface area (TPSA) is 65.8 Å². The van der Waals surface area contributed by atoms with Gasteiger partial charge in [-0.25, -0.2) is 0 Å². The van der Waals surface area contributed by atoms with Crippen LogP contribution in [0.1, 0.15) is 21.6 Å². The van der Waals surface area contributed by atoms with E-state index in [1.54, 1.807) is 6.07 Å². The van der Waals surface area contributed by atoms with E-state index in [1.165, 1.54) is 12.3 Å². The Labute approximate surface area is 125 Å². The maximum Gasteiger partial charge on any atom is 0.269 e. The van der Waals surface area contributed by atoms with Gasteiger partial charge in [-0.15, -0.1) is 0 Å². The van der Waals surface area contributed by atoms with Gasteiger partial charge in [-0.1, -0.05) is 28.1 Å². The van der Waals surface area contributed by atoms with E-state index in [2.05, 4.69) is 26.2 Å². The summed E-state index contributed by atoms with van der Waals surface area (Å²) in [5.74, 6) is -0.265. The lowest BCUT2D eigenvalue weighted by Gasteiger charge is -2.05. The fourth-order valence-corrected chi connectivity index (χ4v) is 1.95. The van der Waals surface area contributed by atoms with Crippen LogP contribution in [0.3, 0.4) is 0 Å². The van der Waals surface area contributed by atoms with E-state index < -0.39 is 0 Å². The van der Waals surface area contributed by atoms with Crippen molar-refractivity contribution in [3.05, 3.63) is 63.9 Å². The van der Waals surface area contributed by atoms with E-state index in [1.807, 2.05) is 30.3 Å². The van der Waals surface area contributed by atoms with Gasteiger partial charge in [-0.3, -0.25) is 9.78 Å². The van der Waals surface area contributed by atoms with Crippen molar-refractivity contribution in [2.24, 2.45) is 0 Å². The molecule has 2 rings (SSSR count). The summed E-state index contributed by atoms with van der Waals surface area (Å²) in [6.45, 7) is 0.527. The zero-order chi connectivity index (χ0) is 14.4. The van der Waals surface area contributed by atoms with Crippen molar-refractivity contribution in [1.82, 2.24) is 10.3 Å². The molecule has 0 unspecified atom stereocenters. The molecule has 100 valence electrons. The van der Waals surface area contributed by atoms with Gasteiger partial charge in [0.25, 0.3) is 5.91 Å². The molecule has 0 fully saturated rings. The summed E-state index contributed by atoms with van der Waals surface area (Å²) in [7, 11) is 0. The third-order valence-electron chi connectivity index (χ3n) is 2.73. The fourth-order valence-electron chi connectivity index (χ4n) is 1.69. The van der Waals surface area contributed by atoms with E-state index in [0.29, 0.717) is 12.1 Å². The minimum atomic E-state index is -0.265. The molecular formula is C15H12BrN3O. The van der Waals surface area contributed by atoms with Gasteiger partial charge in [-0.2, -0.15) is 5.26 Å². The van der Waals surface area contributed by atoms with E-state index in [9.17, 15) is 4.79 Å². The molecule has 0 bridgehead atoms. The number of carbonyl (C=O) groups excluding carboxylic acids is 1. The first-order chi connectivity index (χ1) is 9.69. The van der Waals surface area contributed by atoms with Crippen LogP contribution in [0.25, 0.3) is 0 Å². The van der Waals surface area contributed by atoms with Crippen LogP contribution in [0.2, 0.25) is 0 Å². The average molecular weight is 330 g/mol. The van der Waals surface area contributed by atoms with Crippen LogP contribution in [0, 0.1) is 11.3 Å². The number of hydrogen-bond acceptors (Lipinski definition) is 3. The van der Waals surface area contributed by atoms with Crippen molar-refractivity contribution in [3.8, 4) is 6.07 Å². The SMILES string of the molecule is N#Cc1ccnc(C(=O)NCCc2ccc(Br)cc2)c1. The van der Waals surface area contributed by atoms with Gasteiger partial charge >= 0.3 is 0 Å². The molecule has 1 N–H and O–H groups in total. The number of halogens is 1. The number of aromatic nitrogens is 1. The predicted octanol–water partition coefficient (Wildman–Crippen LogP) is 2.69. The summed E-state index contributed by atoms with van der Waals surface area (Å²) in [5.41, 5.74) is 1.84. The highest BCUT2D eigenvalue weighted by molar-refractivity contribution is 9.10. The van der Waals surface area contributed by atoms with Crippen LogP contribution in [-0.4, -0.2) is 17.4 Å². The zero-order valence-electron chi connectivity index (χ0n) is 10.6. The second kappa shape index (κ2) is 6.83. The van der Waals surface area contributed by atoms with Crippen molar-refractivity contribution in [3.63, 3.8) is 0 Å². The third-order valence-corrected chi connectivity index (χ3v) is 3.26. The molecule has 1 aromatic heterocycles. The Kier molecular flexibility index (Phi) is 4.85. The maximum atomic E-state index is 11.9. The van der Waals surface area contributed by atoms with E-state index >= 15 is 0 Å². The number of nitriles is 1. The van der Waals surface area contributed by atoms with Crippen LogP contribution in [0.4, 0.5) is 0 Å². The molecule has 0 aliphatic rings. The Bertz CT molecular complexity index is 647. The number of carbonyl (C=O) groups is 1. The minimum Gasteiger partial charge on any atom is -0.350 e. The second-order valence-electron chi connectivity index (χ2n) is 4.17. The Morgan fingerprint density at radius 3 is 2.75 bits per heavy atom. The van der Waals surface area contributed by atoms with Crippen molar-refractivity contribution in [2.45, 2.75) is 6.42 Å². The van der Waals surface area contributed by atoms with Crippen molar-refractivity contribution in [2.75, 3.05) is 6.54 Å². The second-order valence-corrected chi connectivity index (χ2v) is 5.09. The Hall–Kier alpha value is -2.19. The Morgan fingerprint density at radius 2 is 2.05 bits per heavy atom. The molecule has 5 heteroatoms. The van der Waals surface area contributed by atoms with Gasteiger partial charge in [0, 0.05) is 17.2 Å². The highest BCUT2D eigenvalue weighted by Gasteiger charge is 2.07. The highest BCUT2D eigenvalue weighted by atomic mass is 79.9. The summed E-state index contributed by atoms with van der Waals surface area (Å²) in [5, 5.41) is 11.6. The molecule has 2 aromatic rings. The summed E-state index contributed by atoms with van der Waals surface area (Å²) in [6, 6.07) is 13.0. The normalized spacial score (nSPS) is 9.80. The first kappa shape index (κ1) is 14.2. The fraction of sp³-hybridized carbons (Fsp3) is 0.133. The summed E-state index contributed by atoms with van der Waals surface area (Å²) < 4.78 is 1.03. The lowest BCUT2D eigenvalue weighted by Crippen LogP contribution is -2.26. The van der Waals surface area contributed by atoms with Crippen molar-refractivity contribution in [1.29, 1.82) is 5.26 Å². The summed E-state index contributed by atoms with van der Waals surface area (Å²) in [6.07, 6.45) is 2.21. The molecule has 0 spiro atoms. The first-order valence-electron chi connectivity index (χ1n) is 6.08. The van der Waals surface area contributed by atoms with E-state index in [4.69, 9.17) is 5.26 Å². The molecule has 1 heterocycles. The molecule has 0 saturated heterocycles. The lowest BCUT2D eigenvalue weighted by atomic mass is 10.1. The number of hydrogen-bond donors (Lipinski definition) is 1. The average Bonchev–Trinajstić information content (AvgIpc) is 2.49. The minimum absolute atomic E-state index is 0.264. The van der Waals surface area contributed by atoms with Gasteiger partial charge < -0.3 is 5.32 Å². The quantitative estimate of drug-likeness (QED) is 0.937. The molecule has 1 aromatic carbocycles. The van der Waals surface area contributed by atoms with Crippen molar-refractivity contribution < 1.29 is 4.79 Å². The molecular weight excluding hydrogens is 318 g/mol. The van der Waals surface area contributed by atoms with Gasteiger partial charge in [0.05, 0.1) is 11.6 Å². The largest absolute Gasteiger partial charge is 0.350 e. The van der Waals surface area contributed by atoms with Crippen LogP contribution < -0.4 is 5.32 Å². The molecule has 0 atom stereocenters. The van der Waals surface area contributed by atoms with Gasteiger partial charge in [0.15, 0.2) is 0 Å². The first-order valence-corrected chi connectivity index (χ1v) is 6.87. The van der Waals surface area contributed by atoms with Crippen LogP contribution in [-0.2, 0) is 6.42 Å². The Morgan fingerprint density at radius 1 is 1.30 bits per heavy atom. The molecule has 0 aliphatic carbocycles. The van der Waals surface area contributed by atoms with Gasteiger partial charge in [0.2, 0.25) is 0 Å². The summed E-state index contributed by atoms with van der Waals surface area (Å²) >= 11 is 3.38. The predicted molar refractivity (Wildman–Crippen MR) is 79.1 cm³/mol. The Balaban J connectivity index is 1.89. The number of amides is 1. The lowest BCUT2D eigenvalue weighted by molar-refractivity contribution is 0.0949. The maximum absolute atomic E-state index is 11.9. The van der Waals surface area contributed by atoms with Crippen LogP contribution in [0.5, 0.6) is 0 Å². The molecule has 20 heavy (non-hydrogen) atoms. The van der Waals surface area contributed by atoms with Crippen molar-refractivity contribution >= 4 is 21.8 Å². The standard InChI is InChI=1S/C15H12BrN3O/c16-13-3-1-11(2-4-13)5-8-19-15(20)14-9-12(10-17)6-7-18-14/h1-4,6-7,9H,5,8H2,(H,19,20). The third kappa shape index (κ3) is 3.90. The number of rotatable bonds is 4. The molecule has 0 aliphatic heterocycles. The number of nitrogens with one attached hydrogen (secondary N) is 1. The van der Waals surface area contributed by atoms with Crippen LogP contribution >= 0.6 is 15.9 Å². The number of benzene rings is 1. The smallest absolute Gasteiger partial charge is 0.269 e. The highest BCUT2D eigenvalue weighted by Crippen LogP contribution is 2.10. The van der Waals surface area contributed by atoms with Gasteiger partial charge in [-0.05, 0) is 36.2 Å². The van der Waals surface area contributed by atoms with E-state index in [0.717, 1.165) is 16.5 Å². The molecule has 0 radical (unpaired) electrons.